The molecule has 0 bridgehead atoms. The SMILES string of the molecule is COc1ccc(Cl)cc1C(=O)N1CCN(Cc2ccc(C#N)cc2)CC1. The Balaban J connectivity index is 1.60. The van der Waals surface area contributed by atoms with E-state index in [0.29, 0.717) is 35.0 Å². The Bertz CT molecular complexity index is 822. The van der Waals surface area contributed by atoms with Crippen molar-refractivity contribution in [3.8, 4) is 11.8 Å². The number of carbonyl (C=O) groups is 1. The fraction of sp³-hybridized carbons (Fsp3) is 0.300. The number of methoxy groups -OCH3 is 1. The maximum Gasteiger partial charge on any atom is 0.257 e. The molecule has 1 aliphatic rings. The van der Waals surface area contributed by atoms with Crippen LogP contribution in [0.3, 0.4) is 0 Å². The predicted molar refractivity (Wildman–Crippen MR) is 100 cm³/mol. The lowest BCUT2D eigenvalue weighted by atomic mass is 10.1. The van der Waals surface area contributed by atoms with Crippen LogP contribution in [0.15, 0.2) is 42.5 Å². The van der Waals surface area contributed by atoms with E-state index in [1.807, 2.05) is 29.2 Å². The van der Waals surface area contributed by atoms with Crippen molar-refractivity contribution in [2.24, 2.45) is 0 Å². The zero-order valence-corrected chi connectivity index (χ0v) is 15.4. The topological polar surface area (TPSA) is 56.6 Å². The molecule has 0 atom stereocenters. The van der Waals surface area contributed by atoms with Crippen LogP contribution in [0.1, 0.15) is 21.5 Å². The highest BCUT2D eigenvalue weighted by Crippen LogP contribution is 2.24. The van der Waals surface area contributed by atoms with E-state index < -0.39 is 0 Å². The molecule has 6 heteroatoms. The smallest absolute Gasteiger partial charge is 0.257 e. The van der Waals surface area contributed by atoms with E-state index in [4.69, 9.17) is 21.6 Å². The second-order valence-electron chi connectivity index (χ2n) is 6.22. The second-order valence-corrected chi connectivity index (χ2v) is 6.66. The summed E-state index contributed by atoms with van der Waals surface area (Å²) in [6.07, 6.45) is 0. The molecule has 1 fully saturated rings. The Hall–Kier alpha value is -2.55. The molecular formula is C20H20ClN3O2. The highest BCUT2D eigenvalue weighted by molar-refractivity contribution is 6.31. The van der Waals surface area contributed by atoms with Gasteiger partial charge in [0.15, 0.2) is 0 Å². The number of benzene rings is 2. The van der Waals surface area contributed by atoms with Crippen molar-refractivity contribution in [2.45, 2.75) is 6.54 Å². The van der Waals surface area contributed by atoms with Gasteiger partial charge in [0.05, 0.1) is 24.3 Å². The minimum atomic E-state index is -0.0534. The first-order valence-corrected chi connectivity index (χ1v) is 8.82. The number of rotatable bonds is 4. The lowest BCUT2D eigenvalue weighted by Gasteiger charge is -2.35. The summed E-state index contributed by atoms with van der Waals surface area (Å²) in [6.45, 7) is 3.73. The van der Waals surface area contributed by atoms with Gasteiger partial charge in [0, 0.05) is 37.7 Å². The predicted octanol–water partition coefficient (Wildman–Crippen LogP) is 3.18. The number of nitriles is 1. The van der Waals surface area contributed by atoms with Gasteiger partial charge in [-0.3, -0.25) is 9.69 Å². The highest BCUT2D eigenvalue weighted by atomic mass is 35.5. The van der Waals surface area contributed by atoms with Crippen LogP contribution in [0.4, 0.5) is 0 Å². The number of nitrogens with zero attached hydrogens (tertiary/aromatic N) is 3. The van der Waals surface area contributed by atoms with Crippen molar-refractivity contribution in [1.29, 1.82) is 5.26 Å². The lowest BCUT2D eigenvalue weighted by Crippen LogP contribution is -2.48. The molecule has 0 radical (unpaired) electrons. The van der Waals surface area contributed by atoms with E-state index >= 15 is 0 Å². The maximum atomic E-state index is 12.8. The Morgan fingerprint density at radius 1 is 1.15 bits per heavy atom. The number of piperazine rings is 1. The molecule has 2 aromatic rings. The number of carbonyl (C=O) groups excluding carboxylic acids is 1. The summed E-state index contributed by atoms with van der Waals surface area (Å²) < 4.78 is 5.29. The van der Waals surface area contributed by atoms with Gasteiger partial charge in [0.25, 0.3) is 5.91 Å². The van der Waals surface area contributed by atoms with E-state index in [-0.39, 0.29) is 5.91 Å². The molecule has 1 aliphatic heterocycles. The molecule has 5 nitrogen and oxygen atoms in total. The molecule has 1 heterocycles. The van der Waals surface area contributed by atoms with E-state index in [9.17, 15) is 4.79 Å². The van der Waals surface area contributed by atoms with Gasteiger partial charge < -0.3 is 9.64 Å². The first-order chi connectivity index (χ1) is 12.6. The van der Waals surface area contributed by atoms with E-state index in [2.05, 4.69) is 11.0 Å². The van der Waals surface area contributed by atoms with Crippen LogP contribution in [-0.4, -0.2) is 49.0 Å². The van der Waals surface area contributed by atoms with Gasteiger partial charge in [0.1, 0.15) is 5.75 Å². The Morgan fingerprint density at radius 2 is 1.85 bits per heavy atom. The molecule has 0 aromatic heterocycles. The molecule has 0 N–H and O–H groups in total. The molecule has 2 aromatic carbocycles. The van der Waals surface area contributed by atoms with Gasteiger partial charge in [-0.25, -0.2) is 0 Å². The minimum Gasteiger partial charge on any atom is -0.496 e. The fourth-order valence-electron chi connectivity index (χ4n) is 3.07. The number of amides is 1. The molecule has 0 spiro atoms. The average molecular weight is 370 g/mol. The normalized spacial score (nSPS) is 14.7. The zero-order chi connectivity index (χ0) is 18.5. The molecule has 26 heavy (non-hydrogen) atoms. The lowest BCUT2D eigenvalue weighted by molar-refractivity contribution is 0.0625. The Kier molecular flexibility index (Phi) is 5.77. The van der Waals surface area contributed by atoms with Gasteiger partial charge in [-0.1, -0.05) is 23.7 Å². The quantitative estimate of drug-likeness (QED) is 0.830. The molecule has 134 valence electrons. The second kappa shape index (κ2) is 8.22. The van der Waals surface area contributed by atoms with E-state index in [0.717, 1.165) is 19.6 Å². The van der Waals surface area contributed by atoms with Crippen molar-refractivity contribution < 1.29 is 9.53 Å². The molecule has 1 amide bonds. The van der Waals surface area contributed by atoms with Crippen molar-refractivity contribution in [1.82, 2.24) is 9.80 Å². The van der Waals surface area contributed by atoms with E-state index in [1.54, 1.807) is 25.3 Å². The first kappa shape index (κ1) is 18.2. The summed E-state index contributed by atoms with van der Waals surface area (Å²) >= 11 is 6.04. The highest BCUT2D eigenvalue weighted by Gasteiger charge is 2.24. The number of hydrogen-bond donors (Lipinski definition) is 0. The van der Waals surface area contributed by atoms with Crippen LogP contribution in [0.25, 0.3) is 0 Å². The van der Waals surface area contributed by atoms with Crippen LogP contribution in [0, 0.1) is 11.3 Å². The van der Waals surface area contributed by atoms with Gasteiger partial charge in [-0.15, -0.1) is 0 Å². The Labute approximate surface area is 158 Å². The van der Waals surface area contributed by atoms with Crippen molar-refractivity contribution in [2.75, 3.05) is 33.3 Å². The standard InChI is InChI=1S/C20H20ClN3O2/c1-26-19-7-6-17(21)12-18(19)20(25)24-10-8-23(9-11-24)14-16-4-2-15(13-22)3-5-16/h2-7,12H,8-11,14H2,1H3. The summed E-state index contributed by atoms with van der Waals surface area (Å²) in [5.74, 6) is 0.488. The van der Waals surface area contributed by atoms with Crippen molar-refractivity contribution >= 4 is 17.5 Å². The van der Waals surface area contributed by atoms with Crippen LogP contribution in [0.5, 0.6) is 5.75 Å². The summed E-state index contributed by atoms with van der Waals surface area (Å²) in [6, 6.07) is 14.8. The molecular weight excluding hydrogens is 350 g/mol. The van der Waals surface area contributed by atoms with Crippen LogP contribution in [0.2, 0.25) is 5.02 Å². The molecule has 0 aliphatic carbocycles. The Morgan fingerprint density at radius 3 is 2.46 bits per heavy atom. The molecule has 0 unspecified atom stereocenters. The van der Waals surface area contributed by atoms with Gasteiger partial charge >= 0.3 is 0 Å². The molecule has 1 saturated heterocycles. The van der Waals surface area contributed by atoms with Gasteiger partial charge in [-0.05, 0) is 35.9 Å². The first-order valence-electron chi connectivity index (χ1n) is 8.45. The summed E-state index contributed by atoms with van der Waals surface area (Å²) in [4.78, 5) is 16.9. The van der Waals surface area contributed by atoms with Gasteiger partial charge in [-0.2, -0.15) is 5.26 Å². The van der Waals surface area contributed by atoms with Crippen molar-refractivity contribution in [3.63, 3.8) is 0 Å². The third-order valence-corrected chi connectivity index (χ3v) is 4.78. The minimum absolute atomic E-state index is 0.0534. The fourth-order valence-corrected chi connectivity index (χ4v) is 3.24. The summed E-state index contributed by atoms with van der Waals surface area (Å²) in [7, 11) is 1.55. The van der Waals surface area contributed by atoms with Crippen LogP contribution in [-0.2, 0) is 6.54 Å². The number of halogens is 1. The molecule has 0 saturated carbocycles. The number of hydrogen-bond acceptors (Lipinski definition) is 4. The maximum absolute atomic E-state index is 12.8. The van der Waals surface area contributed by atoms with Crippen LogP contribution < -0.4 is 4.74 Å². The monoisotopic (exact) mass is 369 g/mol. The van der Waals surface area contributed by atoms with E-state index in [1.165, 1.54) is 5.56 Å². The average Bonchev–Trinajstić information content (AvgIpc) is 2.68. The van der Waals surface area contributed by atoms with Gasteiger partial charge in [0.2, 0.25) is 0 Å². The largest absolute Gasteiger partial charge is 0.496 e. The number of ether oxygens (including phenoxy) is 1. The summed E-state index contributed by atoms with van der Waals surface area (Å²) in [5.41, 5.74) is 2.33. The van der Waals surface area contributed by atoms with Crippen LogP contribution >= 0.6 is 11.6 Å². The van der Waals surface area contributed by atoms with Crippen molar-refractivity contribution in [3.05, 3.63) is 64.2 Å². The third-order valence-electron chi connectivity index (χ3n) is 4.54. The molecule has 3 rings (SSSR count). The third kappa shape index (κ3) is 4.16. The summed E-state index contributed by atoms with van der Waals surface area (Å²) in [5, 5.41) is 9.39. The zero-order valence-electron chi connectivity index (χ0n) is 14.6.